The smallest absolute Gasteiger partial charge is 0.195 e. The first kappa shape index (κ1) is 20.9. The molecular weight excluding hydrogens is 430 g/mol. The largest absolute Gasteiger partial charge is 0.351 e. The number of aromatic amines is 1. The fraction of sp³-hybridized carbons (Fsp3) is 0.0323. The number of carbonyl (C=O) groups excluding carboxylic acids is 1. The van der Waals surface area contributed by atoms with Crippen LogP contribution in [-0.2, 0) is 6.54 Å². The van der Waals surface area contributed by atoms with E-state index in [-0.39, 0.29) is 5.78 Å². The minimum absolute atomic E-state index is 0.00601. The fourth-order valence-electron chi connectivity index (χ4n) is 4.65. The van der Waals surface area contributed by atoms with Crippen LogP contribution in [0, 0.1) is 0 Å². The van der Waals surface area contributed by atoms with Gasteiger partial charge in [-0.1, -0.05) is 91.0 Å². The number of aromatic nitrogens is 3. The quantitative estimate of drug-likeness (QED) is 0.277. The van der Waals surface area contributed by atoms with Crippen molar-refractivity contribution in [1.82, 2.24) is 14.5 Å². The molecule has 4 aromatic carbocycles. The number of ketones is 1. The number of imidazole rings is 1. The van der Waals surface area contributed by atoms with Gasteiger partial charge in [-0.25, -0.2) is 4.98 Å². The van der Waals surface area contributed by atoms with E-state index in [9.17, 15) is 4.79 Å². The Morgan fingerprint density at radius 2 is 1.54 bits per heavy atom. The van der Waals surface area contributed by atoms with Crippen LogP contribution in [0.1, 0.15) is 21.6 Å². The molecule has 2 heterocycles. The average Bonchev–Trinajstić information content (AvgIpc) is 3.59. The van der Waals surface area contributed by atoms with E-state index in [1.807, 2.05) is 77.6 Å². The molecule has 0 saturated heterocycles. The topological polar surface area (TPSA) is 50.7 Å². The third-order valence-electron chi connectivity index (χ3n) is 6.34. The first-order chi connectivity index (χ1) is 17.3. The van der Waals surface area contributed by atoms with Crippen LogP contribution >= 0.6 is 0 Å². The number of hydrogen-bond acceptors (Lipinski definition) is 2. The Labute approximate surface area is 203 Å². The second-order valence-electron chi connectivity index (χ2n) is 8.62. The summed E-state index contributed by atoms with van der Waals surface area (Å²) in [6.45, 7) is 0.582. The van der Waals surface area contributed by atoms with E-state index >= 15 is 0 Å². The Morgan fingerprint density at radius 1 is 0.771 bits per heavy atom. The van der Waals surface area contributed by atoms with Crippen molar-refractivity contribution in [3.05, 3.63) is 139 Å². The summed E-state index contributed by atoms with van der Waals surface area (Å²) in [5, 5.41) is 2.27. The third kappa shape index (κ3) is 4.06. The van der Waals surface area contributed by atoms with E-state index < -0.39 is 0 Å². The molecule has 35 heavy (non-hydrogen) atoms. The summed E-state index contributed by atoms with van der Waals surface area (Å²) >= 11 is 0. The van der Waals surface area contributed by atoms with Crippen LogP contribution in [0.4, 0.5) is 0 Å². The highest BCUT2D eigenvalue weighted by Crippen LogP contribution is 2.33. The normalized spacial score (nSPS) is 11.1. The van der Waals surface area contributed by atoms with Gasteiger partial charge >= 0.3 is 0 Å². The molecule has 0 aliphatic carbocycles. The van der Waals surface area contributed by atoms with Gasteiger partial charge in [-0.2, -0.15) is 0 Å². The molecule has 6 aromatic rings. The van der Waals surface area contributed by atoms with Gasteiger partial charge in [0.25, 0.3) is 0 Å². The summed E-state index contributed by atoms with van der Waals surface area (Å²) < 4.78 is 2.04. The monoisotopic (exact) mass is 453 g/mol. The molecule has 2 aromatic heterocycles. The van der Waals surface area contributed by atoms with Crippen molar-refractivity contribution in [2.75, 3.05) is 0 Å². The first-order valence-electron chi connectivity index (χ1n) is 11.6. The molecule has 6 rings (SSSR count). The SMILES string of the molecule is O=C(c1cccc(-c2ccccc2)c1)c1cn(Cc2c[nH]cn2)cc1-c1cccc2ccccc12. The summed E-state index contributed by atoms with van der Waals surface area (Å²) in [5.74, 6) is 0.00601. The number of nitrogens with one attached hydrogen (secondary N) is 1. The lowest BCUT2D eigenvalue weighted by atomic mass is 9.93. The summed E-state index contributed by atoms with van der Waals surface area (Å²) in [5.41, 5.74) is 6.35. The summed E-state index contributed by atoms with van der Waals surface area (Å²) in [6, 6.07) is 32.5. The zero-order valence-electron chi connectivity index (χ0n) is 19.1. The Hall–Kier alpha value is -4.70. The van der Waals surface area contributed by atoms with Crippen molar-refractivity contribution < 1.29 is 4.79 Å². The molecule has 0 spiro atoms. The van der Waals surface area contributed by atoms with Crippen molar-refractivity contribution in [3.63, 3.8) is 0 Å². The second kappa shape index (κ2) is 8.92. The Bertz CT molecular complexity index is 1620. The minimum atomic E-state index is 0.00601. The lowest BCUT2D eigenvalue weighted by Crippen LogP contribution is -2.03. The van der Waals surface area contributed by atoms with E-state index in [2.05, 4.69) is 52.6 Å². The maximum absolute atomic E-state index is 13.9. The number of benzene rings is 4. The number of rotatable bonds is 6. The highest BCUT2D eigenvalue weighted by molar-refractivity contribution is 6.15. The van der Waals surface area contributed by atoms with Gasteiger partial charge in [-0.05, 0) is 33.5 Å². The average molecular weight is 454 g/mol. The van der Waals surface area contributed by atoms with Crippen LogP contribution in [0.5, 0.6) is 0 Å². The molecule has 4 nitrogen and oxygen atoms in total. The van der Waals surface area contributed by atoms with Gasteiger partial charge in [0, 0.05) is 35.3 Å². The van der Waals surface area contributed by atoms with Crippen molar-refractivity contribution in [1.29, 1.82) is 0 Å². The van der Waals surface area contributed by atoms with E-state index in [0.717, 1.165) is 38.7 Å². The van der Waals surface area contributed by atoms with E-state index in [4.69, 9.17) is 0 Å². The lowest BCUT2D eigenvalue weighted by Gasteiger charge is -2.09. The van der Waals surface area contributed by atoms with Gasteiger partial charge in [0.1, 0.15) is 0 Å². The molecule has 168 valence electrons. The van der Waals surface area contributed by atoms with Crippen molar-refractivity contribution in [2.24, 2.45) is 0 Å². The van der Waals surface area contributed by atoms with Gasteiger partial charge in [-0.3, -0.25) is 4.79 Å². The number of nitrogens with zero attached hydrogens (tertiary/aromatic N) is 2. The molecule has 0 aliphatic heterocycles. The molecule has 0 radical (unpaired) electrons. The van der Waals surface area contributed by atoms with Crippen LogP contribution in [0.2, 0.25) is 0 Å². The Kier molecular flexibility index (Phi) is 5.32. The van der Waals surface area contributed by atoms with Crippen molar-refractivity contribution in [2.45, 2.75) is 6.54 Å². The van der Waals surface area contributed by atoms with Crippen LogP contribution in [-0.4, -0.2) is 20.3 Å². The molecule has 0 atom stereocenters. The van der Waals surface area contributed by atoms with Crippen LogP contribution in [0.25, 0.3) is 33.0 Å². The number of fused-ring (bicyclic) bond motifs is 1. The maximum Gasteiger partial charge on any atom is 0.195 e. The highest BCUT2D eigenvalue weighted by Gasteiger charge is 2.20. The molecule has 1 N–H and O–H groups in total. The summed E-state index contributed by atoms with van der Waals surface area (Å²) in [6.07, 6.45) is 7.56. The number of hydrogen-bond donors (Lipinski definition) is 1. The summed E-state index contributed by atoms with van der Waals surface area (Å²) in [4.78, 5) is 21.3. The third-order valence-corrected chi connectivity index (χ3v) is 6.34. The molecule has 0 saturated carbocycles. The fourth-order valence-corrected chi connectivity index (χ4v) is 4.65. The molecule has 0 fully saturated rings. The van der Waals surface area contributed by atoms with Gasteiger partial charge in [-0.15, -0.1) is 0 Å². The number of carbonyl (C=O) groups is 1. The molecular formula is C31H23N3O. The van der Waals surface area contributed by atoms with Crippen LogP contribution < -0.4 is 0 Å². The minimum Gasteiger partial charge on any atom is -0.351 e. The van der Waals surface area contributed by atoms with Gasteiger partial charge in [0.05, 0.1) is 18.6 Å². The van der Waals surface area contributed by atoms with E-state index in [1.54, 1.807) is 6.33 Å². The standard InChI is InChI=1S/C31H23N3O/c35-31(25-13-6-12-24(16-25)22-8-2-1-3-9-22)30-20-34(18-26-17-32-21-33-26)19-29(30)28-15-7-11-23-10-4-5-14-27(23)28/h1-17,19-21H,18H2,(H,32,33). The molecule has 0 aliphatic rings. The van der Waals surface area contributed by atoms with E-state index in [1.165, 1.54) is 0 Å². The molecule has 4 heteroatoms. The van der Waals surface area contributed by atoms with Gasteiger partial charge < -0.3 is 9.55 Å². The molecule has 0 bridgehead atoms. The predicted octanol–water partition coefficient (Wildman–Crippen LogP) is 6.98. The second-order valence-corrected chi connectivity index (χ2v) is 8.62. The van der Waals surface area contributed by atoms with E-state index in [0.29, 0.717) is 17.7 Å². The summed E-state index contributed by atoms with van der Waals surface area (Å²) in [7, 11) is 0. The molecule has 0 amide bonds. The highest BCUT2D eigenvalue weighted by atomic mass is 16.1. The van der Waals surface area contributed by atoms with Gasteiger partial charge in [0.15, 0.2) is 5.78 Å². The maximum atomic E-state index is 13.9. The van der Waals surface area contributed by atoms with Gasteiger partial charge in [0.2, 0.25) is 0 Å². The number of H-pyrrole nitrogens is 1. The first-order valence-corrected chi connectivity index (χ1v) is 11.6. The Balaban J connectivity index is 1.48. The van der Waals surface area contributed by atoms with Crippen molar-refractivity contribution in [3.8, 4) is 22.3 Å². The van der Waals surface area contributed by atoms with Crippen molar-refractivity contribution >= 4 is 16.6 Å². The van der Waals surface area contributed by atoms with Crippen LogP contribution in [0.3, 0.4) is 0 Å². The zero-order valence-corrected chi connectivity index (χ0v) is 19.1. The Morgan fingerprint density at radius 3 is 2.40 bits per heavy atom. The lowest BCUT2D eigenvalue weighted by molar-refractivity contribution is 0.103. The van der Waals surface area contributed by atoms with Crippen LogP contribution in [0.15, 0.2) is 122 Å². The molecule has 0 unspecified atom stereocenters. The predicted molar refractivity (Wildman–Crippen MR) is 140 cm³/mol. The zero-order chi connectivity index (χ0) is 23.6.